The van der Waals surface area contributed by atoms with Crippen LogP contribution in [-0.2, 0) is 0 Å². The van der Waals surface area contributed by atoms with E-state index in [1.807, 2.05) is 26.0 Å². The molecule has 0 bridgehead atoms. The molecule has 0 radical (unpaired) electrons. The Hall–Kier alpha value is -1.64. The molecule has 0 saturated heterocycles. The largest absolute Gasteiger partial charge is 0.483 e. The van der Waals surface area contributed by atoms with E-state index in [1.54, 1.807) is 6.07 Å². The van der Waals surface area contributed by atoms with E-state index in [-0.39, 0.29) is 6.42 Å². The van der Waals surface area contributed by atoms with E-state index in [1.165, 1.54) is 11.1 Å². The van der Waals surface area contributed by atoms with E-state index < -0.39 is 12.0 Å². The highest BCUT2D eigenvalue weighted by Crippen LogP contribution is 2.46. The summed E-state index contributed by atoms with van der Waals surface area (Å²) in [6, 6.07) is 7.74. The van der Waals surface area contributed by atoms with E-state index in [4.69, 9.17) is 4.74 Å². The van der Waals surface area contributed by atoms with E-state index in [9.17, 15) is 8.78 Å². The number of alkyl halides is 2. The maximum atomic E-state index is 13.0. The first kappa shape index (κ1) is 12.4. The van der Waals surface area contributed by atoms with Gasteiger partial charge < -0.3 is 4.74 Å². The zero-order chi connectivity index (χ0) is 13.8. The average Bonchev–Trinajstić information content (AvgIpc) is 2.93. The molecule has 2 aromatic carbocycles. The Labute approximate surface area is 111 Å². The standard InChI is InChI=1S/C16H16F2O/c1-9-7-10(2)15-12(11(9)3)5-4-6-13(15)19-14-8-16(14,17)18/h4-7,14H,8H2,1-3H3. The quantitative estimate of drug-likeness (QED) is 0.771. The van der Waals surface area contributed by atoms with Crippen LogP contribution in [0.4, 0.5) is 8.78 Å². The topological polar surface area (TPSA) is 9.23 Å². The lowest BCUT2D eigenvalue weighted by Crippen LogP contribution is -2.07. The molecule has 0 spiro atoms. The Balaban J connectivity index is 2.13. The molecule has 0 N–H and O–H groups in total. The van der Waals surface area contributed by atoms with Crippen LogP contribution >= 0.6 is 0 Å². The fraction of sp³-hybridized carbons (Fsp3) is 0.375. The summed E-state index contributed by atoms with van der Waals surface area (Å²) in [4.78, 5) is 0. The van der Waals surface area contributed by atoms with Gasteiger partial charge in [0.25, 0.3) is 5.92 Å². The van der Waals surface area contributed by atoms with Crippen LogP contribution in [0.25, 0.3) is 10.8 Å². The number of hydrogen-bond acceptors (Lipinski definition) is 1. The predicted molar refractivity (Wildman–Crippen MR) is 72.1 cm³/mol. The molecule has 1 nitrogen and oxygen atoms in total. The van der Waals surface area contributed by atoms with Crippen molar-refractivity contribution < 1.29 is 13.5 Å². The molecule has 1 saturated carbocycles. The number of hydrogen-bond donors (Lipinski definition) is 0. The van der Waals surface area contributed by atoms with Crippen LogP contribution in [0.1, 0.15) is 23.1 Å². The second-order valence-electron chi connectivity index (χ2n) is 5.39. The Kier molecular flexibility index (Phi) is 2.56. The second-order valence-corrected chi connectivity index (χ2v) is 5.39. The van der Waals surface area contributed by atoms with Crippen LogP contribution in [0, 0.1) is 20.8 Å². The Morgan fingerprint density at radius 3 is 2.47 bits per heavy atom. The lowest BCUT2D eigenvalue weighted by atomic mass is 9.96. The lowest BCUT2D eigenvalue weighted by Gasteiger charge is -2.14. The van der Waals surface area contributed by atoms with Crippen LogP contribution in [0.3, 0.4) is 0 Å². The molecule has 2 aromatic rings. The summed E-state index contributed by atoms with van der Waals surface area (Å²) in [6.45, 7) is 6.10. The van der Waals surface area contributed by atoms with Crippen molar-refractivity contribution in [2.75, 3.05) is 0 Å². The molecular weight excluding hydrogens is 246 g/mol. The maximum Gasteiger partial charge on any atom is 0.288 e. The third-order valence-corrected chi connectivity index (χ3v) is 3.89. The van der Waals surface area contributed by atoms with Crippen molar-refractivity contribution in [1.29, 1.82) is 0 Å². The molecule has 1 atom stereocenters. The normalized spacial score (nSPS) is 20.6. The van der Waals surface area contributed by atoms with Gasteiger partial charge in [-0.15, -0.1) is 0 Å². The van der Waals surface area contributed by atoms with E-state index in [0.29, 0.717) is 5.75 Å². The van der Waals surface area contributed by atoms with E-state index >= 15 is 0 Å². The second kappa shape index (κ2) is 3.92. The molecule has 19 heavy (non-hydrogen) atoms. The van der Waals surface area contributed by atoms with Crippen molar-refractivity contribution in [3.05, 3.63) is 41.0 Å². The smallest absolute Gasteiger partial charge is 0.288 e. The van der Waals surface area contributed by atoms with Gasteiger partial charge in [0.15, 0.2) is 6.10 Å². The summed E-state index contributed by atoms with van der Waals surface area (Å²) >= 11 is 0. The number of fused-ring (bicyclic) bond motifs is 1. The van der Waals surface area contributed by atoms with Crippen molar-refractivity contribution in [3.8, 4) is 5.75 Å². The lowest BCUT2D eigenvalue weighted by molar-refractivity contribution is 0.0670. The van der Waals surface area contributed by atoms with Crippen molar-refractivity contribution >= 4 is 10.8 Å². The molecule has 3 rings (SSSR count). The predicted octanol–water partition coefficient (Wildman–Crippen LogP) is 4.55. The first-order valence-electron chi connectivity index (χ1n) is 6.44. The monoisotopic (exact) mass is 262 g/mol. The Morgan fingerprint density at radius 2 is 1.84 bits per heavy atom. The zero-order valence-electron chi connectivity index (χ0n) is 11.3. The van der Waals surface area contributed by atoms with Crippen LogP contribution in [0.15, 0.2) is 24.3 Å². The fourth-order valence-electron chi connectivity index (χ4n) is 2.54. The molecule has 3 heteroatoms. The van der Waals surface area contributed by atoms with E-state index in [2.05, 4.69) is 13.0 Å². The molecule has 0 aliphatic heterocycles. The van der Waals surface area contributed by atoms with Crippen LogP contribution in [0.5, 0.6) is 5.75 Å². The summed E-state index contributed by atoms with van der Waals surface area (Å²) in [6.07, 6.45) is -1.13. The van der Waals surface area contributed by atoms with Gasteiger partial charge >= 0.3 is 0 Å². The maximum absolute atomic E-state index is 13.0. The molecule has 100 valence electrons. The van der Waals surface area contributed by atoms with Crippen molar-refractivity contribution in [1.82, 2.24) is 0 Å². The van der Waals surface area contributed by atoms with Gasteiger partial charge in [-0.05, 0) is 48.9 Å². The minimum atomic E-state index is -2.66. The first-order valence-corrected chi connectivity index (χ1v) is 6.44. The number of aryl methyl sites for hydroxylation is 3. The van der Waals surface area contributed by atoms with Crippen LogP contribution in [0.2, 0.25) is 0 Å². The van der Waals surface area contributed by atoms with Gasteiger partial charge in [0, 0.05) is 5.39 Å². The number of rotatable bonds is 2. The van der Waals surface area contributed by atoms with Gasteiger partial charge in [0.2, 0.25) is 0 Å². The summed E-state index contributed by atoms with van der Waals surface area (Å²) in [7, 11) is 0. The zero-order valence-corrected chi connectivity index (χ0v) is 11.3. The number of ether oxygens (including phenoxy) is 1. The highest BCUT2D eigenvalue weighted by atomic mass is 19.3. The molecule has 0 aromatic heterocycles. The summed E-state index contributed by atoms with van der Waals surface area (Å²) in [5, 5.41) is 2.03. The van der Waals surface area contributed by atoms with Crippen LogP contribution < -0.4 is 4.74 Å². The summed E-state index contributed by atoms with van der Waals surface area (Å²) in [5.41, 5.74) is 3.45. The number of benzene rings is 2. The summed E-state index contributed by atoms with van der Waals surface area (Å²) in [5.74, 6) is -2.09. The third-order valence-electron chi connectivity index (χ3n) is 3.89. The highest BCUT2D eigenvalue weighted by molar-refractivity contribution is 5.94. The average molecular weight is 262 g/mol. The minimum Gasteiger partial charge on any atom is -0.483 e. The summed E-state index contributed by atoms with van der Waals surface area (Å²) < 4.78 is 31.5. The Bertz CT molecular complexity index is 661. The molecule has 1 aliphatic rings. The van der Waals surface area contributed by atoms with Gasteiger partial charge in [-0.1, -0.05) is 18.2 Å². The molecule has 0 amide bonds. The third kappa shape index (κ3) is 1.97. The number of halogens is 2. The van der Waals surface area contributed by atoms with Crippen molar-refractivity contribution in [3.63, 3.8) is 0 Å². The molecule has 1 fully saturated rings. The van der Waals surface area contributed by atoms with Gasteiger partial charge in [-0.25, -0.2) is 8.78 Å². The van der Waals surface area contributed by atoms with Gasteiger partial charge in [0.1, 0.15) is 5.75 Å². The molecular formula is C16H16F2O. The van der Waals surface area contributed by atoms with Gasteiger partial charge in [0.05, 0.1) is 6.42 Å². The van der Waals surface area contributed by atoms with Crippen LogP contribution in [-0.4, -0.2) is 12.0 Å². The van der Waals surface area contributed by atoms with E-state index in [0.717, 1.165) is 16.3 Å². The minimum absolute atomic E-state index is 0.173. The Morgan fingerprint density at radius 1 is 1.16 bits per heavy atom. The van der Waals surface area contributed by atoms with Gasteiger partial charge in [-0.3, -0.25) is 0 Å². The van der Waals surface area contributed by atoms with Crippen molar-refractivity contribution in [2.45, 2.75) is 39.2 Å². The van der Waals surface area contributed by atoms with Crippen molar-refractivity contribution in [2.24, 2.45) is 0 Å². The fourth-order valence-corrected chi connectivity index (χ4v) is 2.54. The first-order chi connectivity index (χ1) is 8.90. The SMILES string of the molecule is Cc1cc(C)c2c(OC3CC3(F)F)cccc2c1C. The van der Waals surface area contributed by atoms with Gasteiger partial charge in [-0.2, -0.15) is 0 Å². The highest BCUT2D eigenvalue weighted by Gasteiger charge is 2.59. The molecule has 1 unspecified atom stereocenters. The molecule has 1 aliphatic carbocycles. The molecule has 0 heterocycles.